The van der Waals surface area contributed by atoms with Crippen LogP contribution in [0.5, 0.6) is 5.75 Å². The Labute approximate surface area is 89.8 Å². The summed E-state index contributed by atoms with van der Waals surface area (Å²) in [5.41, 5.74) is -2.26. The predicted molar refractivity (Wildman–Crippen MR) is 43.7 cm³/mol. The molecule has 0 spiro atoms. The lowest BCUT2D eigenvalue weighted by Crippen LogP contribution is -2.22. The molecule has 1 heterocycles. The number of alkyl halides is 5. The summed E-state index contributed by atoms with van der Waals surface area (Å²) in [5, 5.41) is -0.930. The molecule has 0 fully saturated rings. The van der Waals surface area contributed by atoms with Gasteiger partial charge in [-0.3, -0.25) is 4.79 Å². The molecule has 0 saturated carbocycles. The molecule has 0 bridgehead atoms. The number of pyridine rings is 1. The molecule has 1 rings (SSSR count). The molecule has 0 unspecified atom stereocenters. The lowest BCUT2D eigenvalue weighted by molar-refractivity contribution is -0.275. The maximum atomic E-state index is 12.1. The molecule has 1 aromatic heterocycles. The Morgan fingerprint density at radius 3 is 2.31 bits per heavy atom. The van der Waals surface area contributed by atoms with Gasteiger partial charge in [-0.1, -0.05) is 11.6 Å². The smallest absolute Gasteiger partial charge is 0.398 e. The van der Waals surface area contributed by atoms with Crippen molar-refractivity contribution in [3.63, 3.8) is 0 Å². The van der Waals surface area contributed by atoms with Gasteiger partial charge in [0.2, 0.25) is 11.2 Å². The van der Waals surface area contributed by atoms with Crippen LogP contribution >= 0.6 is 11.6 Å². The maximum Gasteiger partial charge on any atom is 0.573 e. The monoisotopic (exact) mass is 263 g/mol. The Morgan fingerprint density at radius 1 is 1.38 bits per heavy atom. The summed E-state index contributed by atoms with van der Waals surface area (Å²) < 4.78 is 62.8. The molecular formula is C7H3ClF5NO2. The third-order valence-electron chi connectivity index (χ3n) is 1.42. The third-order valence-corrected chi connectivity index (χ3v) is 1.68. The Balaban J connectivity index is 3.19. The number of halogens is 6. The highest BCUT2D eigenvalue weighted by molar-refractivity contribution is 6.30. The van der Waals surface area contributed by atoms with E-state index < -0.39 is 34.8 Å². The van der Waals surface area contributed by atoms with Crippen molar-refractivity contribution < 1.29 is 26.7 Å². The molecule has 0 radical (unpaired) electrons. The summed E-state index contributed by atoms with van der Waals surface area (Å²) >= 11 is 5.17. The minimum absolute atomic E-state index is 0.289. The highest BCUT2D eigenvalue weighted by Crippen LogP contribution is 2.27. The number of aromatic amines is 1. The number of hydrogen-bond acceptors (Lipinski definition) is 2. The van der Waals surface area contributed by atoms with Crippen LogP contribution in [0.4, 0.5) is 22.0 Å². The quantitative estimate of drug-likeness (QED) is 0.658. The van der Waals surface area contributed by atoms with Crippen LogP contribution in [0.15, 0.2) is 10.9 Å². The van der Waals surface area contributed by atoms with E-state index in [1.54, 1.807) is 4.98 Å². The first-order chi connectivity index (χ1) is 7.20. The molecule has 0 saturated heterocycles. The molecule has 16 heavy (non-hydrogen) atoms. The number of aromatic nitrogens is 1. The molecular weight excluding hydrogens is 261 g/mol. The second-order valence-electron chi connectivity index (χ2n) is 2.58. The fraction of sp³-hybridized carbons (Fsp3) is 0.286. The van der Waals surface area contributed by atoms with Crippen LogP contribution in [-0.4, -0.2) is 11.3 Å². The van der Waals surface area contributed by atoms with Crippen LogP contribution in [0.3, 0.4) is 0 Å². The van der Waals surface area contributed by atoms with E-state index in [2.05, 4.69) is 4.74 Å². The molecule has 0 aliphatic rings. The topological polar surface area (TPSA) is 42.1 Å². The molecule has 1 N–H and O–H groups in total. The zero-order chi connectivity index (χ0) is 12.5. The Kier molecular flexibility index (Phi) is 3.41. The Morgan fingerprint density at radius 2 is 1.94 bits per heavy atom. The van der Waals surface area contributed by atoms with E-state index in [4.69, 9.17) is 11.6 Å². The van der Waals surface area contributed by atoms with E-state index in [-0.39, 0.29) is 6.07 Å². The molecule has 3 nitrogen and oxygen atoms in total. The van der Waals surface area contributed by atoms with E-state index in [0.29, 0.717) is 0 Å². The Bertz CT molecular complexity index is 441. The van der Waals surface area contributed by atoms with Gasteiger partial charge in [-0.2, -0.15) is 0 Å². The lowest BCUT2D eigenvalue weighted by Gasteiger charge is -2.10. The highest BCUT2D eigenvalue weighted by Gasteiger charge is 2.33. The maximum absolute atomic E-state index is 12.1. The van der Waals surface area contributed by atoms with E-state index in [1.807, 2.05) is 0 Å². The standard InChI is InChI=1S/C7H3ClF5NO2/c8-5-4(16-7(11,12)13)3(15)1-2(14-5)6(9)10/h1,6H,(H,14,15). The van der Waals surface area contributed by atoms with Crippen molar-refractivity contribution in [3.8, 4) is 5.75 Å². The van der Waals surface area contributed by atoms with E-state index in [9.17, 15) is 26.7 Å². The normalized spacial score (nSPS) is 11.9. The third kappa shape index (κ3) is 3.09. The average molecular weight is 264 g/mol. The van der Waals surface area contributed by atoms with Crippen LogP contribution in [0, 0.1) is 0 Å². The van der Waals surface area contributed by atoms with E-state index >= 15 is 0 Å². The summed E-state index contributed by atoms with van der Waals surface area (Å²) in [5.74, 6) is -1.27. The molecule has 0 aliphatic heterocycles. The number of H-pyrrole nitrogens is 1. The fourth-order valence-electron chi connectivity index (χ4n) is 0.863. The van der Waals surface area contributed by atoms with Crippen molar-refractivity contribution in [2.24, 2.45) is 0 Å². The van der Waals surface area contributed by atoms with Gasteiger partial charge in [0, 0.05) is 6.07 Å². The van der Waals surface area contributed by atoms with Gasteiger partial charge in [0.25, 0.3) is 6.43 Å². The average Bonchev–Trinajstić information content (AvgIpc) is 2.09. The largest absolute Gasteiger partial charge is 0.573 e. The second-order valence-corrected chi connectivity index (χ2v) is 2.96. The molecule has 9 heteroatoms. The SMILES string of the molecule is O=c1cc(C(F)F)[nH]c(Cl)c1OC(F)(F)F. The minimum atomic E-state index is -5.12. The summed E-state index contributed by atoms with van der Waals surface area (Å²) in [7, 11) is 0. The Hall–Kier alpha value is -1.31. The van der Waals surface area contributed by atoms with Gasteiger partial charge in [-0.25, -0.2) is 8.78 Å². The lowest BCUT2D eigenvalue weighted by atomic mass is 10.3. The van der Waals surface area contributed by atoms with Crippen LogP contribution in [0.1, 0.15) is 12.1 Å². The van der Waals surface area contributed by atoms with Crippen LogP contribution < -0.4 is 10.2 Å². The van der Waals surface area contributed by atoms with Crippen molar-refractivity contribution in [1.82, 2.24) is 4.98 Å². The molecule has 0 atom stereocenters. The number of hydrogen-bond donors (Lipinski definition) is 1. The van der Waals surface area contributed by atoms with Gasteiger partial charge in [0.1, 0.15) is 0 Å². The second kappa shape index (κ2) is 4.28. The summed E-state index contributed by atoms with van der Waals surface area (Å²) in [6, 6.07) is 0.289. The summed E-state index contributed by atoms with van der Waals surface area (Å²) in [4.78, 5) is 12.7. The first-order valence-corrected chi connectivity index (χ1v) is 4.05. The zero-order valence-electron chi connectivity index (χ0n) is 7.24. The number of ether oxygens (including phenoxy) is 1. The van der Waals surface area contributed by atoms with Crippen LogP contribution in [0.25, 0.3) is 0 Å². The van der Waals surface area contributed by atoms with Gasteiger partial charge < -0.3 is 9.72 Å². The number of nitrogens with one attached hydrogen (secondary N) is 1. The van der Waals surface area contributed by atoms with Gasteiger partial charge in [-0.05, 0) is 0 Å². The number of rotatable bonds is 2. The minimum Gasteiger partial charge on any atom is -0.398 e. The summed E-state index contributed by atoms with van der Waals surface area (Å²) in [6.07, 6.45) is -8.17. The molecule has 1 aromatic rings. The van der Waals surface area contributed by atoms with Gasteiger partial charge in [0.05, 0.1) is 5.69 Å². The zero-order valence-corrected chi connectivity index (χ0v) is 7.99. The van der Waals surface area contributed by atoms with Crippen LogP contribution in [-0.2, 0) is 0 Å². The van der Waals surface area contributed by atoms with Crippen molar-refractivity contribution >= 4 is 11.6 Å². The first-order valence-electron chi connectivity index (χ1n) is 3.67. The van der Waals surface area contributed by atoms with E-state index in [1.165, 1.54) is 0 Å². The fourth-order valence-corrected chi connectivity index (χ4v) is 1.10. The van der Waals surface area contributed by atoms with Gasteiger partial charge in [-0.15, -0.1) is 13.2 Å². The molecule has 0 aromatic carbocycles. The summed E-state index contributed by atoms with van der Waals surface area (Å²) in [6.45, 7) is 0. The predicted octanol–water partition coefficient (Wildman–Crippen LogP) is 2.86. The van der Waals surface area contributed by atoms with Gasteiger partial charge >= 0.3 is 6.36 Å². The molecule has 0 amide bonds. The van der Waals surface area contributed by atoms with Crippen molar-refractivity contribution in [2.45, 2.75) is 12.8 Å². The first kappa shape index (κ1) is 12.8. The highest BCUT2D eigenvalue weighted by atomic mass is 35.5. The van der Waals surface area contributed by atoms with Crippen molar-refractivity contribution in [3.05, 3.63) is 27.1 Å². The van der Waals surface area contributed by atoms with E-state index in [0.717, 1.165) is 0 Å². The molecule has 0 aliphatic carbocycles. The molecule has 90 valence electrons. The van der Waals surface area contributed by atoms with Crippen LogP contribution in [0.2, 0.25) is 5.15 Å². The van der Waals surface area contributed by atoms with Gasteiger partial charge in [0.15, 0.2) is 5.15 Å². The van der Waals surface area contributed by atoms with Crippen molar-refractivity contribution in [2.75, 3.05) is 0 Å². The van der Waals surface area contributed by atoms with Crippen molar-refractivity contribution in [1.29, 1.82) is 0 Å².